The number of imidazole rings is 1. The number of hydrogen-bond acceptors (Lipinski definition) is 3. The fourth-order valence-electron chi connectivity index (χ4n) is 2.19. The Bertz CT molecular complexity index is 752. The number of aryl methyl sites for hydroxylation is 1. The molecule has 96 valence electrons. The molecule has 0 amide bonds. The average molecular weight is 274 g/mol. The van der Waals surface area contributed by atoms with E-state index in [0.29, 0.717) is 5.02 Å². The third-order valence-corrected chi connectivity index (χ3v) is 3.24. The number of aromatic hydroxyl groups is 1. The molecule has 2 heterocycles. The van der Waals surface area contributed by atoms with Crippen LogP contribution in [0.5, 0.6) is 5.75 Å². The molecule has 3 aromatic rings. The minimum absolute atomic E-state index is 0.130. The molecule has 0 aliphatic carbocycles. The molecule has 2 aromatic heterocycles. The molecule has 0 unspecified atom stereocenters. The highest BCUT2D eigenvalue weighted by molar-refractivity contribution is 6.31. The molecule has 1 aromatic carbocycles. The summed E-state index contributed by atoms with van der Waals surface area (Å²) < 4.78 is 2.05. The molecular formula is C14H12ClN3O. The Labute approximate surface area is 115 Å². The number of rotatable bonds is 2. The quantitative estimate of drug-likeness (QED) is 0.778. The molecule has 19 heavy (non-hydrogen) atoms. The Kier molecular flexibility index (Phi) is 2.87. The van der Waals surface area contributed by atoms with Crippen molar-refractivity contribution in [2.24, 2.45) is 0 Å². The Morgan fingerprint density at radius 1 is 1.26 bits per heavy atom. The van der Waals surface area contributed by atoms with Crippen molar-refractivity contribution < 1.29 is 5.11 Å². The van der Waals surface area contributed by atoms with Gasteiger partial charge in [-0.05, 0) is 31.2 Å². The Morgan fingerprint density at radius 2 is 2.11 bits per heavy atom. The number of fused-ring (bicyclic) bond motifs is 1. The molecule has 0 spiro atoms. The summed E-state index contributed by atoms with van der Waals surface area (Å²) in [6.45, 7) is 2.81. The van der Waals surface area contributed by atoms with E-state index in [0.717, 1.165) is 29.0 Å². The van der Waals surface area contributed by atoms with E-state index in [1.807, 2.05) is 25.1 Å². The van der Waals surface area contributed by atoms with Crippen molar-refractivity contribution in [3.8, 4) is 17.1 Å². The second kappa shape index (κ2) is 4.55. The minimum atomic E-state index is 0.130. The smallest absolute Gasteiger partial charge is 0.142 e. The van der Waals surface area contributed by atoms with Crippen molar-refractivity contribution >= 4 is 22.6 Å². The zero-order valence-corrected chi connectivity index (χ0v) is 11.1. The third kappa shape index (κ3) is 2.04. The minimum Gasteiger partial charge on any atom is -0.506 e. The summed E-state index contributed by atoms with van der Waals surface area (Å²) in [6.07, 6.45) is 3.09. The van der Waals surface area contributed by atoms with Gasteiger partial charge >= 0.3 is 0 Å². The van der Waals surface area contributed by atoms with Crippen molar-refractivity contribution in [1.82, 2.24) is 14.5 Å². The molecule has 0 radical (unpaired) electrons. The number of hydrogen-bond donors (Lipinski definition) is 1. The molecule has 0 aliphatic heterocycles. The molecule has 4 nitrogen and oxygen atoms in total. The average Bonchev–Trinajstić information content (AvgIpc) is 2.76. The second-order valence-corrected chi connectivity index (χ2v) is 4.68. The number of halogens is 1. The standard InChI is InChI=1S/C14H12ClN3O/c1-2-18-13-6-10(15)3-4-12(13)17-14(18)9-5-11(19)8-16-7-9/h3-8,19H,2H2,1H3. The van der Waals surface area contributed by atoms with Gasteiger partial charge in [0, 0.05) is 23.3 Å². The van der Waals surface area contributed by atoms with E-state index < -0.39 is 0 Å². The molecule has 0 saturated heterocycles. The maximum absolute atomic E-state index is 9.54. The monoisotopic (exact) mass is 273 g/mol. The predicted octanol–water partition coefficient (Wildman–Crippen LogP) is 3.48. The van der Waals surface area contributed by atoms with Crippen LogP contribution in [-0.2, 0) is 6.54 Å². The number of nitrogens with zero attached hydrogens (tertiary/aromatic N) is 3. The molecule has 0 fully saturated rings. The summed E-state index contributed by atoms with van der Waals surface area (Å²) in [7, 11) is 0. The van der Waals surface area contributed by atoms with Gasteiger partial charge in [0.15, 0.2) is 0 Å². The van der Waals surface area contributed by atoms with Crippen LogP contribution >= 0.6 is 11.6 Å². The maximum atomic E-state index is 9.54. The van der Waals surface area contributed by atoms with Crippen LogP contribution in [0.4, 0.5) is 0 Å². The normalized spacial score (nSPS) is 11.1. The van der Waals surface area contributed by atoms with E-state index >= 15 is 0 Å². The number of aromatic nitrogens is 3. The highest BCUT2D eigenvalue weighted by Crippen LogP contribution is 2.27. The zero-order valence-electron chi connectivity index (χ0n) is 10.3. The SMILES string of the molecule is CCn1c(-c2cncc(O)c2)nc2ccc(Cl)cc21. The first-order valence-corrected chi connectivity index (χ1v) is 6.37. The topological polar surface area (TPSA) is 50.9 Å². The van der Waals surface area contributed by atoms with Crippen molar-refractivity contribution in [3.05, 3.63) is 41.7 Å². The lowest BCUT2D eigenvalue weighted by molar-refractivity contribution is 0.473. The van der Waals surface area contributed by atoms with Crippen LogP contribution < -0.4 is 0 Å². The summed E-state index contributed by atoms with van der Waals surface area (Å²) in [5.41, 5.74) is 2.65. The van der Waals surface area contributed by atoms with Gasteiger partial charge in [0.25, 0.3) is 0 Å². The molecule has 0 bridgehead atoms. The van der Waals surface area contributed by atoms with Crippen molar-refractivity contribution in [2.75, 3.05) is 0 Å². The second-order valence-electron chi connectivity index (χ2n) is 4.24. The van der Waals surface area contributed by atoms with Gasteiger partial charge in [0.05, 0.1) is 17.2 Å². The van der Waals surface area contributed by atoms with Crippen LogP contribution in [0.3, 0.4) is 0 Å². The lowest BCUT2D eigenvalue weighted by atomic mass is 10.2. The summed E-state index contributed by atoms with van der Waals surface area (Å²) in [6, 6.07) is 7.26. The molecule has 0 atom stereocenters. The van der Waals surface area contributed by atoms with Crippen LogP contribution in [0.15, 0.2) is 36.7 Å². The van der Waals surface area contributed by atoms with Crippen molar-refractivity contribution in [1.29, 1.82) is 0 Å². The Morgan fingerprint density at radius 3 is 2.84 bits per heavy atom. The fraction of sp³-hybridized carbons (Fsp3) is 0.143. The van der Waals surface area contributed by atoms with Gasteiger partial charge in [-0.3, -0.25) is 4.98 Å². The number of pyridine rings is 1. The van der Waals surface area contributed by atoms with E-state index in [9.17, 15) is 5.11 Å². The third-order valence-electron chi connectivity index (χ3n) is 3.01. The first-order chi connectivity index (χ1) is 9.19. The van der Waals surface area contributed by atoms with Gasteiger partial charge in [0.2, 0.25) is 0 Å². The van der Waals surface area contributed by atoms with Crippen LogP contribution in [0, 0.1) is 0 Å². The molecule has 0 saturated carbocycles. The lowest BCUT2D eigenvalue weighted by Crippen LogP contribution is -1.97. The van der Waals surface area contributed by atoms with Gasteiger partial charge < -0.3 is 9.67 Å². The largest absolute Gasteiger partial charge is 0.506 e. The maximum Gasteiger partial charge on any atom is 0.142 e. The van der Waals surface area contributed by atoms with E-state index in [4.69, 9.17) is 11.6 Å². The van der Waals surface area contributed by atoms with Crippen LogP contribution in [0.2, 0.25) is 5.02 Å². The van der Waals surface area contributed by atoms with Crippen LogP contribution in [-0.4, -0.2) is 19.6 Å². The van der Waals surface area contributed by atoms with E-state index in [1.165, 1.54) is 6.20 Å². The lowest BCUT2D eigenvalue weighted by Gasteiger charge is -2.06. The fourth-order valence-corrected chi connectivity index (χ4v) is 2.35. The van der Waals surface area contributed by atoms with Crippen LogP contribution in [0.25, 0.3) is 22.4 Å². The Balaban J connectivity index is 2.29. The molecule has 5 heteroatoms. The molecular weight excluding hydrogens is 262 g/mol. The van der Waals surface area contributed by atoms with Crippen LogP contribution in [0.1, 0.15) is 6.92 Å². The summed E-state index contributed by atoms with van der Waals surface area (Å²) >= 11 is 6.03. The van der Waals surface area contributed by atoms with Gasteiger partial charge in [0.1, 0.15) is 11.6 Å². The summed E-state index contributed by atoms with van der Waals surface area (Å²) in [5.74, 6) is 0.911. The Hall–Kier alpha value is -2.07. The molecule has 1 N–H and O–H groups in total. The summed E-state index contributed by atoms with van der Waals surface area (Å²) in [4.78, 5) is 8.58. The van der Waals surface area contributed by atoms with Crippen molar-refractivity contribution in [3.63, 3.8) is 0 Å². The predicted molar refractivity (Wildman–Crippen MR) is 75.3 cm³/mol. The van der Waals surface area contributed by atoms with E-state index in [2.05, 4.69) is 14.5 Å². The first-order valence-electron chi connectivity index (χ1n) is 5.99. The summed E-state index contributed by atoms with van der Waals surface area (Å²) in [5, 5.41) is 10.2. The van der Waals surface area contributed by atoms with Gasteiger partial charge in [-0.15, -0.1) is 0 Å². The highest BCUT2D eigenvalue weighted by atomic mass is 35.5. The number of benzene rings is 1. The first kappa shape index (κ1) is 12.0. The highest BCUT2D eigenvalue weighted by Gasteiger charge is 2.12. The van der Waals surface area contributed by atoms with Crippen molar-refractivity contribution in [2.45, 2.75) is 13.5 Å². The van der Waals surface area contributed by atoms with E-state index in [1.54, 1.807) is 12.3 Å². The van der Waals surface area contributed by atoms with Gasteiger partial charge in [-0.2, -0.15) is 0 Å². The van der Waals surface area contributed by atoms with E-state index in [-0.39, 0.29) is 5.75 Å². The molecule has 0 aliphatic rings. The van der Waals surface area contributed by atoms with Gasteiger partial charge in [-0.1, -0.05) is 11.6 Å². The molecule has 3 rings (SSSR count). The zero-order chi connectivity index (χ0) is 13.4. The van der Waals surface area contributed by atoms with Gasteiger partial charge in [-0.25, -0.2) is 4.98 Å².